The van der Waals surface area contributed by atoms with Crippen molar-refractivity contribution < 1.29 is 5.21 Å². The second-order valence-corrected chi connectivity index (χ2v) is 4.68. The van der Waals surface area contributed by atoms with Crippen molar-refractivity contribution in [2.75, 3.05) is 11.4 Å². The predicted octanol–water partition coefficient (Wildman–Crippen LogP) is 1.91. The van der Waals surface area contributed by atoms with Crippen LogP contribution in [0.5, 0.6) is 0 Å². The Morgan fingerprint density at radius 2 is 2.19 bits per heavy atom. The standard InChI is InChI=1S/C15H19N5O/c1-3-20(10-13-6-4-5-7-17-13)14-9-12(15(16)19-21)8-11(2)18-14/h4-9,21H,3,10H2,1-2H3,(H2,16,19). The normalized spacial score (nSPS) is 11.4. The van der Waals surface area contributed by atoms with E-state index < -0.39 is 0 Å². The number of nitrogens with two attached hydrogens (primary N) is 1. The Hall–Kier alpha value is -2.63. The summed E-state index contributed by atoms with van der Waals surface area (Å²) in [5.74, 6) is 0.861. The van der Waals surface area contributed by atoms with Crippen LogP contribution in [0.1, 0.15) is 23.9 Å². The molecule has 0 atom stereocenters. The zero-order valence-corrected chi connectivity index (χ0v) is 12.2. The number of aromatic nitrogens is 2. The van der Waals surface area contributed by atoms with Crippen LogP contribution in [0.3, 0.4) is 0 Å². The number of pyridine rings is 2. The van der Waals surface area contributed by atoms with Crippen molar-refractivity contribution in [3.63, 3.8) is 0 Å². The second-order valence-electron chi connectivity index (χ2n) is 4.68. The molecule has 0 aromatic carbocycles. The molecule has 2 aromatic heterocycles. The average Bonchev–Trinajstić information content (AvgIpc) is 2.52. The molecule has 110 valence electrons. The molecule has 0 spiro atoms. The highest BCUT2D eigenvalue weighted by molar-refractivity contribution is 5.97. The van der Waals surface area contributed by atoms with Crippen molar-refractivity contribution in [2.24, 2.45) is 10.9 Å². The van der Waals surface area contributed by atoms with Crippen molar-refractivity contribution in [1.29, 1.82) is 0 Å². The van der Waals surface area contributed by atoms with E-state index in [1.165, 1.54) is 0 Å². The van der Waals surface area contributed by atoms with Crippen LogP contribution < -0.4 is 10.6 Å². The van der Waals surface area contributed by atoms with Gasteiger partial charge in [-0.25, -0.2) is 4.98 Å². The van der Waals surface area contributed by atoms with Crippen molar-refractivity contribution in [2.45, 2.75) is 20.4 Å². The fourth-order valence-electron chi connectivity index (χ4n) is 2.06. The first kappa shape index (κ1) is 14.8. The van der Waals surface area contributed by atoms with Gasteiger partial charge in [-0.05, 0) is 38.1 Å². The van der Waals surface area contributed by atoms with Crippen LogP contribution in [0.15, 0.2) is 41.7 Å². The van der Waals surface area contributed by atoms with E-state index in [2.05, 4.69) is 26.9 Å². The molecule has 21 heavy (non-hydrogen) atoms. The zero-order valence-electron chi connectivity index (χ0n) is 12.2. The minimum absolute atomic E-state index is 0.0793. The van der Waals surface area contributed by atoms with Gasteiger partial charge in [0.2, 0.25) is 0 Å². The molecular weight excluding hydrogens is 266 g/mol. The molecule has 0 fully saturated rings. The number of aryl methyl sites for hydroxylation is 1. The van der Waals surface area contributed by atoms with Gasteiger partial charge in [-0.2, -0.15) is 0 Å². The fraction of sp³-hybridized carbons (Fsp3) is 0.267. The Morgan fingerprint density at radius 1 is 1.38 bits per heavy atom. The van der Waals surface area contributed by atoms with Gasteiger partial charge < -0.3 is 15.8 Å². The third-order valence-electron chi connectivity index (χ3n) is 3.13. The lowest BCUT2D eigenvalue weighted by Gasteiger charge is -2.22. The van der Waals surface area contributed by atoms with Crippen LogP contribution in [-0.2, 0) is 6.54 Å². The van der Waals surface area contributed by atoms with Crippen LogP contribution in [0.25, 0.3) is 0 Å². The fourth-order valence-corrected chi connectivity index (χ4v) is 2.06. The van der Waals surface area contributed by atoms with Gasteiger partial charge >= 0.3 is 0 Å². The van der Waals surface area contributed by atoms with Gasteiger partial charge in [-0.15, -0.1) is 0 Å². The number of amidine groups is 1. The summed E-state index contributed by atoms with van der Waals surface area (Å²) in [6, 6.07) is 9.42. The Kier molecular flexibility index (Phi) is 4.71. The number of oxime groups is 1. The summed E-state index contributed by atoms with van der Waals surface area (Å²) in [7, 11) is 0. The zero-order chi connectivity index (χ0) is 15.2. The first-order valence-corrected chi connectivity index (χ1v) is 6.75. The van der Waals surface area contributed by atoms with E-state index in [-0.39, 0.29) is 5.84 Å². The molecule has 0 aliphatic rings. The predicted molar refractivity (Wildman–Crippen MR) is 82.4 cm³/mol. The molecule has 0 amide bonds. The average molecular weight is 285 g/mol. The molecule has 0 saturated heterocycles. The lowest BCUT2D eigenvalue weighted by Crippen LogP contribution is -2.25. The highest BCUT2D eigenvalue weighted by Gasteiger charge is 2.11. The molecule has 6 nitrogen and oxygen atoms in total. The summed E-state index contributed by atoms with van der Waals surface area (Å²) >= 11 is 0. The van der Waals surface area contributed by atoms with Crippen LogP contribution in [0.4, 0.5) is 5.82 Å². The van der Waals surface area contributed by atoms with Crippen LogP contribution >= 0.6 is 0 Å². The number of nitrogens with zero attached hydrogens (tertiary/aromatic N) is 4. The van der Waals surface area contributed by atoms with Crippen molar-refractivity contribution >= 4 is 11.7 Å². The maximum absolute atomic E-state index is 8.82. The summed E-state index contributed by atoms with van der Waals surface area (Å²) < 4.78 is 0. The van der Waals surface area contributed by atoms with Gasteiger partial charge in [0, 0.05) is 24.0 Å². The van der Waals surface area contributed by atoms with E-state index in [0.29, 0.717) is 12.1 Å². The first-order chi connectivity index (χ1) is 10.1. The third-order valence-corrected chi connectivity index (χ3v) is 3.13. The molecule has 0 unspecified atom stereocenters. The van der Waals surface area contributed by atoms with E-state index in [0.717, 1.165) is 23.8 Å². The van der Waals surface area contributed by atoms with E-state index in [9.17, 15) is 0 Å². The summed E-state index contributed by atoms with van der Waals surface area (Å²) in [4.78, 5) is 10.9. The SMILES string of the molecule is CCN(Cc1ccccn1)c1cc(/C(N)=N/O)cc(C)n1. The van der Waals surface area contributed by atoms with E-state index in [1.54, 1.807) is 12.3 Å². The molecule has 3 N–H and O–H groups in total. The molecule has 2 heterocycles. The Labute approximate surface area is 123 Å². The maximum atomic E-state index is 8.82. The highest BCUT2D eigenvalue weighted by Crippen LogP contribution is 2.17. The Bertz CT molecular complexity index is 627. The largest absolute Gasteiger partial charge is 0.409 e. The van der Waals surface area contributed by atoms with E-state index in [1.807, 2.05) is 31.2 Å². The lowest BCUT2D eigenvalue weighted by molar-refractivity contribution is 0.318. The Balaban J connectivity index is 2.31. The van der Waals surface area contributed by atoms with Crippen molar-refractivity contribution in [1.82, 2.24) is 9.97 Å². The molecule has 6 heteroatoms. The van der Waals surface area contributed by atoms with Crippen molar-refractivity contribution in [3.8, 4) is 0 Å². The van der Waals surface area contributed by atoms with E-state index >= 15 is 0 Å². The lowest BCUT2D eigenvalue weighted by atomic mass is 10.2. The minimum Gasteiger partial charge on any atom is -0.409 e. The van der Waals surface area contributed by atoms with Crippen molar-refractivity contribution in [3.05, 3.63) is 53.5 Å². The topological polar surface area (TPSA) is 87.6 Å². The monoisotopic (exact) mass is 285 g/mol. The second kappa shape index (κ2) is 6.69. The number of rotatable bonds is 5. The molecule has 0 saturated carbocycles. The quantitative estimate of drug-likeness (QED) is 0.379. The molecule has 0 bridgehead atoms. The summed E-state index contributed by atoms with van der Waals surface area (Å²) in [5, 5.41) is 11.9. The van der Waals surface area contributed by atoms with Gasteiger partial charge in [0.25, 0.3) is 0 Å². The molecule has 0 aliphatic carbocycles. The molecule has 0 aliphatic heterocycles. The molecular formula is C15H19N5O. The van der Waals surface area contributed by atoms with Crippen LogP contribution in [-0.4, -0.2) is 27.6 Å². The third kappa shape index (κ3) is 3.68. The van der Waals surface area contributed by atoms with Gasteiger partial charge in [-0.1, -0.05) is 11.2 Å². The number of anilines is 1. The maximum Gasteiger partial charge on any atom is 0.170 e. The summed E-state index contributed by atoms with van der Waals surface area (Å²) in [5.41, 5.74) is 8.10. The van der Waals surface area contributed by atoms with Crippen LogP contribution in [0, 0.1) is 6.92 Å². The van der Waals surface area contributed by atoms with E-state index in [4.69, 9.17) is 10.9 Å². The van der Waals surface area contributed by atoms with Gasteiger partial charge in [0.15, 0.2) is 5.84 Å². The highest BCUT2D eigenvalue weighted by atomic mass is 16.4. The van der Waals surface area contributed by atoms with Gasteiger partial charge in [0.1, 0.15) is 5.82 Å². The smallest absolute Gasteiger partial charge is 0.170 e. The summed E-state index contributed by atoms with van der Waals surface area (Å²) in [6.07, 6.45) is 1.77. The van der Waals surface area contributed by atoms with Gasteiger partial charge in [-0.3, -0.25) is 4.98 Å². The summed E-state index contributed by atoms with van der Waals surface area (Å²) in [6.45, 7) is 5.37. The first-order valence-electron chi connectivity index (χ1n) is 6.75. The minimum atomic E-state index is 0.0793. The Morgan fingerprint density at radius 3 is 2.81 bits per heavy atom. The number of hydrogen-bond donors (Lipinski definition) is 2. The molecule has 0 radical (unpaired) electrons. The molecule has 2 aromatic rings. The van der Waals surface area contributed by atoms with Gasteiger partial charge in [0.05, 0.1) is 12.2 Å². The van der Waals surface area contributed by atoms with Crippen LogP contribution in [0.2, 0.25) is 0 Å². The number of hydrogen-bond acceptors (Lipinski definition) is 5. The molecule has 2 rings (SSSR count).